The summed E-state index contributed by atoms with van der Waals surface area (Å²) in [4.78, 5) is 41.4. The molecule has 3 N–H and O–H groups in total. The molecule has 2 unspecified atom stereocenters. The van der Waals surface area contributed by atoms with E-state index in [9.17, 15) is 14.0 Å². The standard InChI is InChI=1S/C29H32FN7O3/c1-17-12-22(33-13-21(17)30)34-27(38)19-7-5-18(6-8-19)23-24-25(31)32-9-11-37(24)26(35-23)20-4-3-10-36(14-20)28(39)29(2)15-40-16-29/h5-9,11,13,20,22H,3-4,10,12,14-16H2,1-2H3,(H2,31,32)(H,34,38). The van der Waals surface area contributed by atoms with Crippen molar-refractivity contribution in [3.63, 3.8) is 0 Å². The van der Waals surface area contributed by atoms with Crippen LogP contribution in [0.25, 0.3) is 16.8 Å². The normalized spacial score (nSPS) is 22.3. The Morgan fingerprint density at radius 2 is 2.00 bits per heavy atom. The van der Waals surface area contributed by atoms with Crippen molar-refractivity contribution >= 4 is 29.4 Å². The number of piperidine rings is 1. The van der Waals surface area contributed by atoms with Crippen molar-refractivity contribution in [3.05, 3.63) is 59.4 Å². The fourth-order valence-corrected chi connectivity index (χ4v) is 5.67. The van der Waals surface area contributed by atoms with E-state index in [0.29, 0.717) is 54.3 Å². The Bertz CT molecular complexity index is 1540. The van der Waals surface area contributed by atoms with Crippen molar-refractivity contribution < 1.29 is 18.7 Å². The van der Waals surface area contributed by atoms with E-state index in [-0.39, 0.29) is 23.6 Å². The molecule has 2 amide bonds. The zero-order valence-electron chi connectivity index (χ0n) is 22.6. The Morgan fingerprint density at radius 1 is 1.23 bits per heavy atom. The summed E-state index contributed by atoms with van der Waals surface area (Å²) in [5, 5.41) is 2.84. The number of hydrogen-bond donors (Lipinski definition) is 2. The number of carbonyl (C=O) groups is 2. The van der Waals surface area contributed by atoms with E-state index in [1.807, 2.05) is 34.6 Å². The number of hydrogen-bond acceptors (Lipinski definition) is 7. The number of ether oxygens (including phenoxy) is 1. The molecular weight excluding hydrogens is 513 g/mol. The first-order chi connectivity index (χ1) is 19.2. The second-order valence-corrected chi connectivity index (χ2v) is 11.2. The predicted molar refractivity (Wildman–Crippen MR) is 148 cm³/mol. The predicted octanol–water partition coefficient (Wildman–Crippen LogP) is 3.49. The number of rotatable bonds is 5. The maximum Gasteiger partial charge on any atom is 0.252 e. The third-order valence-corrected chi connectivity index (χ3v) is 8.03. The van der Waals surface area contributed by atoms with Gasteiger partial charge in [-0.25, -0.2) is 14.4 Å². The number of likely N-dealkylation sites (tertiary alicyclic amines) is 1. The molecule has 2 saturated heterocycles. The molecule has 3 aliphatic rings. The Balaban J connectivity index is 1.25. The van der Waals surface area contributed by atoms with Gasteiger partial charge in [-0.2, -0.15) is 0 Å². The molecule has 40 heavy (non-hydrogen) atoms. The zero-order chi connectivity index (χ0) is 28.0. The highest BCUT2D eigenvalue weighted by molar-refractivity contribution is 5.95. The summed E-state index contributed by atoms with van der Waals surface area (Å²) >= 11 is 0. The third kappa shape index (κ3) is 4.64. The molecule has 0 spiro atoms. The van der Waals surface area contributed by atoms with Crippen LogP contribution in [0.4, 0.5) is 10.2 Å². The highest BCUT2D eigenvalue weighted by atomic mass is 19.1. The largest absolute Gasteiger partial charge is 0.382 e. The molecule has 0 bridgehead atoms. The fraction of sp³-hybridized carbons (Fsp3) is 0.414. The molecule has 2 atom stereocenters. The van der Waals surface area contributed by atoms with Crippen molar-refractivity contribution in [2.24, 2.45) is 10.4 Å². The monoisotopic (exact) mass is 545 g/mol. The van der Waals surface area contributed by atoms with Crippen molar-refractivity contribution in [2.75, 3.05) is 32.0 Å². The smallest absolute Gasteiger partial charge is 0.252 e. The number of aromatic nitrogens is 3. The van der Waals surface area contributed by atoms with Gasteiger partial charge in [-0.15, -0.1) is 0 Å². The van der Waals surface area contributed by atoms with E-state index in [0.717, 1.165) is 37.0 Å². The minimum atomic E-state index is -0.501. The van der Waals surface area contributed by atoms with E-state index in [1.54, 1.807) is 25.3 Å². The minimum Gasteiger partial charge on any atom is -0.382 e. The molecule has 0 radical (unpaired) electrons. The van der Waals surface area contributed by atoms with Crippen LogP contribution in [0.2, 0.25) is 0 Å². The van der Waals surface area contributed by atoms with E-state index in [2.05, 4.69) is 15.3 Å². The average Bonchev–Trinajstić information content (AvgIpc) is 3.34. The zero-order valence-corrected chi connectivity index (χ0v) is 22.6. The van der Waals surface area contributed by atoms with Gasteiger partial charge in [0, 0.05) is 48.9 Å². The first kappa shape index (κ1) is 26.1. The molecule has 2 fully saturated rings. The third-order valence-electron chi connectivity index (χ3n) is 8.03. The number of anilines is 1. The summed E-state index contributed by atoms with van der Waals surface area (Å²) in [6.07, 6.45) is 6.27. The van der Waals surface area contributed by atoms with Crippen LogP contribution in [0, 0.1) is 5.41 Å². The second kappa shape index (κ2) is 10.1. The van der Waals surface area contributed by atoms with Crippen LogP contribution in [-0.2, 0) is 9.53 Å². The summed E-state index contributed by atoms with van der Waals surface area (Å²) < 4.78 is 20.9. The molecule has 2 aromatic heterocycles. The van der Waals surface area contributed by atoms with Gasteiger partial charge >= 0.3 is 0 Å². The van der Waals surface area contributed by atoms with Crippen molar-refractivity contribution in [1.82, 2.24) is 24.6 Å². The van der Waals surface area contributed by atoms with Gasteiger partial charge in [0.15, 0.2) is 0 Å². The molecule has 0 saturated carbocycles. The Morgan fingerprint density at radius 3 is 2.70 bits per heavy atom. The Labute approximate surface area is 231 Å². The van der Waals surface area contributed by atoms with Crippen LogP contribution >= 0.6 is 0 Å². The van der Waals surface area contributed by atoms with Crippen molar-refractivity contribution in [1.29, 1.82) is 0 Å². The number of nitrogens with one attached hydrogen (secondary N) is 1. The summed E-state index contributed by atoms with van der Waals surface area (Å²) in [6, 6.07) is 7.10. The number of imidazole rings is 1. The van der Waals surface area contributed by atoms with E-state index in [4.69, 9.17) is 15.5 Å². The molecule has 10 nitrogen and oxygen atoms in total. The lowest BCUT2D eigenvalue weighted by atomic mass is 9.85. The van der Waals surface area contributed by atoms with E-state index < -0.39 is 11.6 Å². The molecule has 11 heteroatoms. The average molecular weight is 546 g/mol. The van der Waals surface area contributed by atoms with Crippen LogP contribution in [0.5, 0.6) is 0 Å². The highest BCUT2D eigenvalue weighted by Crippen LogP contribution is 2.36. The number of fused-ring (bicyclic) bond motifs is 1. The van der Waals surface area contributed by atoms with Crippen LogP contribution < -0.4 is 11.1 Å². The van der Waals surface area contributed by atoms with E-state index in [1.165, 1.54) is 0 Å². The van der Waals surface area contributed by atoms with Crippen LogP contribution in [0.1, 0.15) is 55.2 Å². The number of nitrogens with two attached hydrogens (primary N) is 1. The number of dihydropyridines is 1. The maximum absolute atomic E-state index is 13.6. The van der Waals surface area contributed by atoms with Gasteiger partial charge < -0.3 is 20.7 Å². The molecule has 6 rings (SSSR count). The molecule has 3 aliphatic heterocycles. The molecule has 0 aliphatic carbocycles. The number of nitrogen functional groups attached to an aromatic ring is 1. The first-order valence-corrected chi connectivity index (χ1v) is 13.5. The van der Waals surface area contributed by atoms with Crippen LogP contribution in [0.3, 0.4) is 0 Å². The van der Waals surface area contributed by atoms with E-state index >= 15 is 0 Å². The lowest BCUT2D eigenvalue weighted by molar-refractivity contribution is -0.169. The molecule has 5 heterocycles. The Kier molecular flexibility index (Phi) is 6.61. The van der Waals surface area contributed by atoms with Gasteiger partial charge in [0.05, 0.1) is 24.8 Å². The lowest BCUT2D eigenvalue weighted by Crippen LogP contribution is -2.55. The van der Waals surface area contributed by atoms with Crippen LogP contribution in [-0.4, -0.2) is 69.8 Å². The SMILES string of the molecule is CC1=C(F)C=NC(NC(=O)c2ccc(-c3nc(C4CCCN(C(=O)C5(C)COC5)C4)n4ccnc(N)c34)cc2)C1. The lowest BCUT2D eigenvalue weighted by Gasteiger charge is -2.42. The van der Waals surface area contributed by atoms with Gasteiger partial charge in [-0.3, -0.25) is 19.0 Å². The number of aliphatic imine (C=N–C) groups is 1. The molecule has 3 aromatic rings. The van der Waals surface area contributed by atoms with Gasteiger partial charge in [0.25, 0.3) is 5.91 Å². The fourth-order valence-electron chi connectivity index (χ4n) is 5.67. The molecule has 1 aromatic carbocycles. The highest BCUT2D eigenvalue weighted by Gasteiger charge is 2.44. The quantitative estimate of drug-likeness (QED) is 0.505. The number of allylic oxidation sites excluding steroid dienone is 1. The summed E-state index contributed by atoms with van der Waals surface area (Å²) in [5.74, 6) is 0.706. The topological polar surface area (TPSA) is 127 Å². The number of halogens is 1. The maximum atomic E-state index is 13.6. The number of benzene rings is 1. The first-order valence-electron chi connectivity index (χ1n) is 13.5. The molecule has 208 valence electrons. The van der Waals surface area contributed by atoms with Gasteiger partial charge in [0.1, 0.15) is 34.8 Å². The molecular formula is C29H32FN7O3. The number of carbonyl (C=O) groups excluding carboxylic acids is 2. The van der Waals surface area contributed by atoms with Gasteiger partial charge in [0.2, 0.25) is 5.91 Å². The second-order valence-electron chi connectivity index (χ2n) is 11.2. The summed E-state index contributed by atoms with van der Waals surface area (Å²) in [7, 11) is 0. The van der Waals surface area contributed by atoms with Gasteiger partial charge in [-0.05, 0) is 44.4 Å². The number of nitrogens with zero attached hydrogens (tertiary/aromatic N) is 5. The Hall–Kier alpha value is -4.12. The summed E-state index contributed by atoms with van der Waals surface area (Å²) in [6.45, 7) is 5.88. The van der Waals surface area contributed by atoms with Crippen molar-refractivity contribution in [3.8, 4) is 11.3 Å². The number of amides is 2. The minimum absolute atomic E-state index is 0.0359. The van der Waals surface area contributed by atoms with Crippen molar-refractivity contribution in [2.45, 2.75) is 45.2 Å². The van der Waals surface area contributed by atoms with Crippen LogP contribution in [0.15, 0.2) is 53.1 Å². The van der Waals surface area contributed by atoms with Gasteiger partial charge in [-0.1, -0.05) is 12.1 Å². The summed E-state index contributed by atoms with van der Waals surface area (Å²) in [5.41, 5.74) is 9.06.